The van der Waals surface area contributed by atoms with Crippen molar-refractivity contribution in [2.45, 2.75) is 347 Å². The van der Waals surface area contributed by atoms with Crippen molar-refractivity contribution < 1.29 is 42.1 Å². The molecule has 0 heterocycles. The molecule has 1 N–H and O–H groups in total. The van der Waals surface area contributed by atoms with Gasteiger partial charge in [-0.3, -0.25) is 18.6 Å². The van der Waals surface area contributed by atoms with E-state index in [0.29, 0.717) is 23.9 Å². The lowest BCUT2D eigenvalue weighted by molar-refractivity contribution is -0.870. The minimum atomic E-state index is -4.40. The molecule has 0 aliphatic carbocycles. The van der Waals surface area contributed by atoms with Crippen molar-refractivity contribution in [2.75, 3.05) is 47.5 Å². The van der Waals surface area contributed by atoms with E-state index in [2.05, 4.69) is 98.9 Å². The molecular formula is C77H141NO8P+. The quantitative estimate of drug-likeness (QED) is 0.0211. The van der Waals surface area contributed by atoms with Gasteiger partial charge in [0.2, 0.25) is 0 Å². The van der Waals surface area contributed by atoms with Crippen LogP contribution in [0, 0.1) is 0 Å². The number of rotatable bonds is 68. The Labute approximate surface area is 539 Å². The lowest BCUT2D eigenvalue weighted by atomic mass is 10.0. The highest BCUT2D eigenvalue weighted by molar-refractivity contribution is 7.47. The monoisotopic (exact) mass is 1240 g/mol. The molecule has 0 fully saturated rings. The number of phosphoric acid groups is 1. The second-order valence-corrected chi connectivity index (χ2v) is 27.4. The Balaban J connectivity index is 4.02. The smallest absolute Gasteiger partial charge is 0.462 e. The third-order valence-electron chi connectivity index (χ3n) is 16.2. The molecule has 0 aliphatic heterocycles. The van der Waals surface area contributed by atoms with E-state index in [-0.39, 0.29) is 25.6 Å². The van der Waals surface area contributed by atoms with Gasteiger partial charge in [-0.25, -0.2) is 4.57 Å². The number of quaternary nitrogens is 1. The molecule has 0 rings (SSSR count). The fourth-order valence-electron chi connectivity index (χ4n) is 10.6. The van der Waals surface area contributed by atoms with Crippen molar-refractivity contribution in [3.63, 3.8) is 0 Å². The molecule has 0 aromatic heterocycles. The molecule has 506 valence electrons. The summed E-state index contributed by atoms with van der Waals surface area (Å²) in [5.41, 5.74) is 0. The van der Waals surface area contributed by atoms with Crippen molar-refractivity contribution in [3.8, 4) is 0 Å². The molecule has 87 heavy (non-hydrogen) atoms. The van der Waals surface area contributed by atoms with Gasteiger partial charge in [0.25, 0.3) is 0 Å². The van der Waals surface area contributed by atoms with Crippen LogP contribution in [0.15, 0.2) is 85.1 Å². The third kappa shape index (κ3) is 72.1. The van der Waals surface area contributed by atoms with Gasteiger partial charge in [0.1, 0.15) is 19.8 Å². The lowest BCUT2D eigenvalue weighted by Gasteiger charge is -2.24. The van der Waals surface area contributed by atoms with Gasteiger partial charge in [-0.1, -0.05) is 343 Å². The maximum absolute atomic E-state index is 12.9. The van der Waals surface area contributed by atoms with Gasteiger partial charge >= 0.3 is 19.8 Å². The number of hydrogen-bond donors (Lipinski definition) is 1. The fourth-order valence-corrected chi connectivity index (χ4v) is 11.3. The van der Waals surface area contributed by atoms with Crippen LogP contribution in [0.25, 0.3) is 0 Å². The topological polar surface area (TPSA) is 108 Å². The van der Waals surface area contributed by atoms with E-state index in [9.17, 15) is 19.0 Å². The van der Waals surface area contributed by atoms with Crippen molar-refractivity contribution in [1.82, 2.24) is 0 Å². The number of likely N-dealkylation sites (N-methyl/N-ethyl adjacent to an activating group) is 1. The summed E-state index contributed by atoms with van der Waals surface area (Å²) in [5.74, 6) is -0.788. The molecule has 10 heteroatoms. The van der Waals surface area contributed by atoms with Crippen LogP contribution >= 0.6 is 7.82 Å². The van der Waals surface area contributed by atoms with Gasteiger partial charge in [-0.15, -0.1) is 0 Å². The predicted octanol–water partition coefficient (Wildman–Crippen LogP) is 24.1. The van der Waals surface area contributed by atoms with Gasteiger partial charge in [-0.2, -0.15) is 0 Å². The summed E-state index contributed by atoms with van der Waals surface area (Å²) in [5, 5.41) is 0. The first-order chi connectivity index (χ1) is 42.5. The Morgan fingerprint density at radius 1 is 0.368 bits per heavy atom. The third-order valence-corrected chi connectivity index (χ3v) is 17.2. The Morgan fingerprint density at radius 3 is 0.977 bits per heavy atom. The molecule has 0 saturated carbocycles. The lowest BCUT2D eigenvalue weighted by Crippen LogP contribution is -2.37. The number of allylic oxidation sites excluding steroid dienone is 14. The zero-order valence-corrected chi connectivity index (χ0v) is 58.6. The molecule has 0 bridgehead atoms. The van der Waals surface area contributed by atoms with Crippen LogP contribution in [0.4, 0.5) is 0 Å². The number of hydrogen-bond acceptors (Lipinski definition) is 7. The number of nitrogens with zero attached hydrogens (tertiary/aromatic N) is 1. The minimum Gasteiger partial charge on any atom is -0.462 e. The molecule has 0 spiro atoms. The Morgan fingerprint density at radius 2 is 0.655 bits per heavy atom. The summed E-state index contributed by atoms with van der Waals surface area (Å²) in [6.07, 6.45) is 92.7. The van der Waals surface area contributed by atoms with E-state index in [0.717, 1.165) is 89.9 Å². The van der Waals surface area contributed by atoms with E-state index in [1.807, 2.05) is 21.1 Å². The summed E-state index contributed by atoms with van der Waals surface area (Å²) in [6.45, 7) is 4.37. The van der Waals surface area contributed by atoms with Crippen LogP contribution in [-0.2, 0) is 32.7 Å². The van der Waals surface area contributed by atoms with Gasteiger partial charge in [0, 0.05) is 12.8 Å². The number of phosphoric ester groups is 1. The predicted molar refractivity (Wildman–Crippen MR) is 376 cm³/mol. The number of unbranched alkanes of at least 4 members (excludes halogenated alkanes) is 40. The highest BCUT2D eigenvalue weighted by Crippen LogP contribution is 2.43. The molecule has 2 atom stereocenters. The minimum absolute atomic E-state index is 0.0299. The van der Waals surface area contributed by atoms with E-state index < -0.39 is 26.5 Å². The average molecular weight is 1240 g/mol. The first kappa shape index (κ1) is 84.2. The van der Waals surface area contributed by atoms with Gasteiger partial charge in [-0.05, 0) is 70.6 Å². The second kappa shape index (κ2) is 67.6. The molecule has 0 aromatic carbocycles. The first-order valence-corrected chi connectivity index (χ1v) is 38.3. The molecule has 0 aromatic rings. The largest absolute Gasteiger partial charge is 0.472 e. The van der Waals surface area contributed by atoms with Crippen LogP contribution < -0.4 is 0 Å². The molecule has 2 unspecified atom stereocenters. The first-order valence-electron chi connectivity index (χ1n) is 36.8. The Bertz CT molecular complexity index is 1740. The van der Waals surface area contributed by atoms with E-state index in [1.165, 1.54) is 218 Å². The van der Waals surface area contributed by atoms with Gasteiger partial charge in [0.05, 0.1) is 27.7 Å². The van der Waals surface area contributed by atoms with E-state index >= 15 is 0 Å². The normalized spacial score (nSPS) is 13.6. The summed E-state index contributed by atoms with van der Waals surface area (Å²) >= 11 is 0. The van der Waals surface area contributed by atoms with E-state index in [4.69, 9.17) is 18.5 Å². The van der Waals surface area contributed by atoms with Crippen LogP contribution in [0.1, 0.15) is 341 Å². The second-order valence-electron chi connectivity index (χ2n) is 26.0. The van der Waals surface area contributed by atoms with Crippen molar-refractivity contribution >= 4 is 19.8 Å². The van der Waals surface area contributed by atoms with Gasteiger partial charge in [0.15, 0.2) is 6.10 Å². The zero-order valence-electron chi connectivity index (χ0n) is 57.8. The fraction of sp³-hybridized carbons (Fsp3) is 0.792. The molecule has 0 aliphatic rings. The van der Waals surface area contributed by atoms with Gasteiger partial charge < -0.3 is 18.9 Å². The van der Waals surface area contributed by atoms with Crippen molar-refractivity contribution in [1.29, 1.82) is 0 Å². The number of carbonyl (C=O) groups is 2. The highest BCUT2D eigenvalue weighted by Gasteiger charge is 2.27. The van der Waals surface area contributed by atoms with Crippen molar-refractivity contribution in [3.05, 3.63) is 85.1 Å². The van der Waals surface area contributed by atoms with Crippen LogP contribution in [0.2, 0.25) is 0 Å². The van der Waals surface area contributed by atoms with Crippen LogP contribution in [0.3, 0.4) is 0 Å². The Hall–Kier alpha value is -2.81. The summed E-state index contributed by atoms with van der Waals surface area (Å²) in [6, 6.07) is 0. The number of carbonyl (C=O) groups excluding carboxylic acids is 2. The maximum atomic E-state index is 12.9. The van der Waals surface area contributed by atoms with Crippen LogP contribution in [-0.4, -0.2) is 74.9 Å². The van der Waals surface area contributed by atoms with E-state index in [1.54, 1.807) is 0 Å². The molecular weight excluding hydrogens is 1100 g/mol. The summed E-state index contributed by atoms with van der Waals surface area (Å²) < 4.78 is 34.8. The summed E-state index contributed by atoms with van der Waals surface area (Å²) in [4.78, 5) is 35.9. The average Bonchev–Trinajstić information content (AvgIpc) is 3.50. The van der Waals surface area contributed by atoms with Crippen molar-refractivity contribution in [2.24, 2.45) is 0 Å². The maximum Gasteiger partial charge on any atom is 0.472 e. The molecule has 0 amide bonds. The number of ether oxygens (including phenoxy) is 2. The summed E-state index contributed by atoms with van der Waals surface area (Å²) in [7, 11) is 1.48. The zero-order chi connectivity index (χ0) is 63.4. The molecule has 0 saturated heterocycles. The molecule has 0 radical (unpaired) electrons. The SMILES string of the molecule is CC/C=C\C/C=C\C/C=C\C/C=C\C/C=C\C/C=C\C/C=C\CCCCCCCCCCCCCC(=O)OC(COC(=O)CCCCCCCCCCCCCCCCCCCCCCCCCCCCCCCC)COP(=O)(O)OCC[N+](C)(C)C. The van der Waals surface area contributed by atoms with Crippen LogP contribution in [0.5, 0.6) is 0 Å². The highest BCUT2D eigenvalue weighted by atomic mass is 31.2. The molecule has 9 nitrogen and oxygen atoms in total. The standard InChI is InChI=1S/C77H140NO8P/c1-6-8-10-12-14-16-18-20-22-24-26-28-30-32-34-36-38-39-40-42-44-46-48-50-52-54-56-58-60-62-64-66-68-70-77(80)86-75(74-85-87(81,82)84-72-71-78(3,4)5)73-83-76(79)69-67-65-63-61-59-57-55-53-51-49-47-45-43-41-37-35-33-31-29-27-25-23-21-19-17-15-13-11-9-7-2/h8,10,14,16,20,22,26,28,32,34,38-39,42,44,75H,6-7,9,11-13,15,17-19,21,23-25,27,29-31,33,35-37,40-41,43,45-74H2,1-5H3/p+1/b10-8-,16-14-,22-20-,28-26-,34-32-,39-38-,44-42-. The Kier molecular flexibility index (Phi) is 65.4. The number of esters is 2.